The van der Waals surface area contributed by atoms with Crippen molar-refractivity contribution in [3.63, 3.8) is 0 Å². The van der Waals surface area contributed by atoms with Gasteiger partial charge in [0, 0.05) is 30.1 Å². The highest BCUT2D eigenvalue weighted by molar-refractivity contribution is 7.80. The average molecular weight is 305 g/mol. The van der Waals surface area contributed by atoms with Gasteiger partial charge in [-0.25, -0.2) is 0 Å². The van der Waals surface area contributed by atoms with E-state index in [9.17, 15) is 9.59 Å². The van der Waals surface area contributed by atoms with Crippen LogP contribution >= 0.6 is 12.2 Å². The molecule has 112 valence electrons. The van der Waals surface area contributed by atoms with Gasteiger partial charge in [0.2, 0.25) is 5.91 Å². The van der Waals surface area contributed by atoms with Crippen molar-refractivity contribution in [2.75, 3.05) is 6.54 Å². The van der Waals surface area contributed by atoms with Gasteiger partial charge in [-0.2, -0.15) is 0 Å². The molecular weight excluding hydrogens is 286 g/mol. The van der Waals surface area contributed by atoms with Gasteiger partial charge in [0.1, 0.15) is 4.99 Å². The van der Waals surface area contributed by atoms with Crippen molar-refractivity contribution in [3.05, 3.63) is 35.4 Å². The Morgan fingerprint density at radius 2 is 1.81 bits per heavy atom. The zero-order chi connectivity index (χ0) is 15.2. The molecule has 0 radical (unpaired) electrons. The van der Waals surface area contributed by atoms with Crippen LogP contribution in [0.2, 0.25) is 0 Å². The van der Waals surface area contributed by atoms with Crippen LogP contribution in [0.3, 0.4) is 0 Å². The Bertz CT molecular complexity index is 538. The molecule has 21 heavy (non-hydrogen) atoms. The number of hydrogen-bond donors (Lipinski definition) is 3. The Morgan fingerprint density at radius 1 is 1.19 bits per heavy atom. The summed E-state index contributed by atoms with van der Waals surface area (Å²) in [6, 6.07) is 7.20. The number of rotatable bonds is 7. The van der Waals surface area contributed by atoms with Crippen LogP contribution in [-0.4, -0.2) is 29.4 Å². The highest BCUT2D eigenvalue weighted by Crippen LogP contribution is 2.18. The summed E-state index contributed by atoms with van der Waals surface area (Å²) < 4.78 is 0. The van der Waals surface area contributed by atoms with Gasteiger partial charge in [-0.05, 0) is 31.4 Å². The molecule has 0 aromatic heterocycles. The minimum Gasteiger partial charge on any atom is -0.389 e. The maximum atomic E-state index is 11.9. The molecule has 0 heterocycles. The standard InChI is InChI=1S/C15H19N3O2S/c16-14(21)10-3-5-11(6-4-10)15(20)17-9-1-2-13(19)18-12-7-8-12/h3-6,12H,1-2,7-9H2,(H2,16,21)(H,17,20)(H,18,19). The summed E-state index contributed by atoms with van der Waals surface area (Å²) in [4.78, 5) is 23.7. The summed E-state index contributed by atoms with van der Waals surface area (Å²) in [5.41, 5.74) is 6.79. The summed E-state index contributed by atoms with van der Waals surface area (Å²) in [5.74, 6) is -0.0975. The quantitative estimate of drug-likeness (QED) is 0.520. The van der Waals surface area contributed by atoms with Crippen LogP contribution in [0.4, 0.5) is 0 Å². The van der Waals surface area contributed by atoms with Crippen molar-refractivity contribution in [3.8, 4) is 0 Å². The molecule has 1 aromatic carbocycles. The second-order valence-corrected chi connectivity index (χ2v) is 5.58. The van der Waals surface area contributed by atoms with Gasteiger partial charge in [-0.1, -0.05) is 24.4 Å². The summed E-state index contributed by atoms with van der Waals surface area (Å²) >= 11 is 4.85. The van der Waals surface area contributed by atoms with Crippen molar-refractivity contribution < 1.29 is 9.59 Å². The first-order chi connectivity index (χ1) is 10.1. The van der Waals surface area contributed by atoms with E-state index >= 15 is 0 Å². The molecule has 6 heteroatoms. The zero-order valence-corrected chi connectivity index (χ0v) is 12.5. The van der Waals surface area contributed by atoms with Gasteiger partial charge in [0.05, 0.1) is 0 Å². The fourth-order valence-corrected chi connectivity index (χ4v) is 2.00. The molecule has 0 saturated heterocycles. The Labute approximate surface area is 129 Å². The van der Waals surface area contributed by atoms with E-state index in [2.05, 4.69) is 10.6 Å². The predicted octanol–water partition coefficient (Wildman–Crippen LogP) is 1.11. The van der Waals surface area contributed by atoms with E-state index in [1.54, 1.807) is 24.3 Å². The maximum Gasteiger partial charge on any atom is 0.251 e. The fraction of sp³-hybridized carbons (Fsp3) is 0.400. The van der Waals surface area contributed by atoms with Gasteiger partial charge in [0.15, 0.2) is 0 Å². The van der Waals surface area contributed by atoms with Gasteiger partial charge in [-0.15, -0.1) is 0 Å². The molecule has 5 nitrogen and oxygen atoms in total. The van der Waals surface area contributed by atoms with Gasteiger partial charge < -0.3 is 16.4 Å². The van der Waals surface area contributed by atoms with Crippen LogP contribution in [0, 0.1) is 0 Å². The summed E-state index contributed by atoms with van der Waals surface area (Å²) in [6.07, 6.45) is 3.25. The van der Waals surface area contributed by atoms with Crippen LogP contribution < -0.4 is 16.4 Å². The third kappa shape index (κ3) is 5.15. The van der Waals surface area contributed by atoms with Crippen LogP contribution in [0.5, 0.6) is 0 Å². The number of benzene rings is 1. The second kappa shape index (κ2) is 7.17. The lowest BCUT2D eigenvalue weighted by atomic mass is 10.1. The molecule has 1 aromatic rings. The number of nitrogens with one attached hydrogen (secondary N) is 2. The smallest absolute Gasteiger partial charge is 0.251 e. The number of nitrogens with two attached hydrogens (primary N) is 1. The Hall–Kier alpha value is -1.95. The zero-order valence-electron chi connectivity index (χ0n) is 11.7. The van der Waals surface area contributed by atoms with Crippen molar-refractivity contribution in [1.82, 2.24) is 10.6 Å². The Morgan fingerprint density at radius 3 is 2.38 bits per heavy atom. The number of thiocarbonyl (C=S) groups is 1. The monoisotopic (exact) mass is 305 g/mol. The van der Waals surface area contributed by atoms with Crippen LogP contribution in [0.25, 0.3) is 0 Å². The molecule has 2 amide bonds. The minimum atomic E-state index is -0.160. The molecule has 0 atom stereocenters. The molecule has 1 aliphatic rings. The van der Waals surface area contributed by atoms with Crippen LogP contribution in [0.15, 0.2) is 24.3 Å². The Kier molecular flexibility index (Phi) is 5.27. The molecule has 1 fully saturated rings. The van der Waals surface area contributed by atoms with E-state index in [1.165, 1.54) is 0 Å². The van der Waals surface area contributed by atoms with E-state index in [0.29, 0.717) is 36.0 Å². The van der Waals surface area contributed by atoms with E-state index in [0.717, 1.165) is 18.4 Å². The van der Waals surface area contributed by atoms with Gasteiger partial charge in [0.25, 0.3) is 5.91 Å². The third-order valence-electron chi connectivity index (χ3n) is 3.24. The highest BCUT2D eigenvalue weighted by Gasteiger charge is 2.22. The summed E-state index contributed by atoms with van der Waals surface area (Å²) in [6.45, 7) is 0.480. The van der Waals surface area contributed by atoms with E-state index < -0.39 is 0 Å². The first-order valence-corrected chi connectivity index (χ1v) is 7.44. The lowest BCUT2D eigenvalue weighted by molar-refractivity contribution is -0.121. The molecule has 4 N–H and O–H groups in total. The van der Waals surface area contributed by atoms with E-state index in [-0.39, 0.29) is 11.8 Å². The minimum absolute atomic E-state index is 0.0626. The number of amides is 2. The molecule has 0 spiro atoms. The number of carbonyl (C=O) groups excluding carboxylic acids is 2. The molecule has 1 aliphatic carbocycles. The van der Waals surface area contributed by atoms with Crippen molar-refractivity contribution >= 4 is 29.0 Å². The summed E-state index contributed by atoms with van der Waals surface area (Å²) in [7, 11) is 0. The molecule has 0 bridgehead atoms. The molecule has 1 saturated carbocycles. The Balaban J connectivity index is 1.68. The molecule has 0 unspecified atom stereocenters. The first kappa shape index (κ1) is 15.4. The van der Waals surface area contributed by atoms with Crippen molar-refractivity contribution in [2.24, 2.45) is 5.73 Å². The highest BCUT2D eigenvalue weighted by atomic mass is 32.1. The summed E-state index contributed by atoms with van der Waals surface area (Å²) in [5, 5.41) is 5.70. The predicted molar refractivity (Wildman–Crippen MR) is 85.1 cm³/mol. The van der Waals surface area contributed by atoms with E-state index in [4.69, 9.17) is 18.0 Å². The second-order valence-electron chi connectivity index (χ2n) is 5.14. The molecule has 2 rings (SSSR count). The third-order valence-corrected chi connectivity index (χ3v) is 3.48. The van der Waals surface area contributed by atoms with Gasteiger partial charge >= 0.3 is 0 Å². The molecular formula is C15H19N3O2S. The van der Waals surface area contributed by atoms with Crippen molar-refractivity contribution in [1.29, 1.82) is 0 Å². The maximum absolute atomic E-state index is 11.9. The van der Waals surface area contributed by atoms with Gasteiger partial charge in [-0.3, -0.25) is 9.59 Å². The molecule has 0 aliphatic heterocycles. The SMILES string of the molecule is NC(=S)c1ccc(C(=O)NCCCC(=O)NC2CC2)cc1. The number of carbonyl (C=O) groups is 2. The van der Waals surface area contributed by atoms with Crippen LogP contribution in [0.1, 0.15) is 41.6 Å². The van der Waals surface area contributed by atoms with Crippen LogP contribution in [-0.2, 0) is 4.79 Å². The lowest BCUT2D eigenvalue weighted by Gasteiger charge is -2.06. The van der Waals surface area contributed by atoms with Crippen molar-refractivity contribution in [2.45, 2.75) is 31.7 Å². The van der Waals surface area contributed by atoms with E-state index in [1.807, 2.05) is 0 Å². The normalized spacial score (nSPS) is 13.5. The first-order valence-electron chi connectivity index (χ1n) is 7.03. The lowest BCUT2D eigenvalue weighted by Crippen LogP contribution is -2.28. The fourth-order valence-electron chi connectivity index (χ4n) is 1.87. The number of hydrogen-bond acceptors (Lipinski definition) is 3. The average Bonchev–Trinajstić information content (AvgIpc) is 3.27. The largest absolute Gasteiger partial charge is 0.389 e. The topological polar surface area (TPSA) is 84.2 Å².